The van der Waals surface area contributed by atoms with Crippen LogP contribution >= 0.6 is 35.3 Å². The molecule has 0 unspecified atom stereocenters. The molecule has 0 radical (unpaired) electrons. The Labute approximate surface area is 122 Å². The highest BCUT2D eigenvalue weighted by molar-refractivity contribution is 14.0. The minimum Gasteiger partial charge on any atom is -0.358 e. The number of aliphatic imine (C=N–C) groups is 1. The molecular formula is C10H17IN4OS. The van der Waals surface area contributed by atoms with Gasteiger partial charge in [0.1, 0.15) is 0 Å². The van der Waals surface area contributed by atoms with E-state index in [4.69, 9.17) is 0 Å². The quantitative estimate of drug-likeness (QED) is 0.418. The van der Waals surface area contributed by atoms with E-state index in [1.54, 1.807) is 25.4 Å². The van der Waals surface area contributed by atoms with E-state index < -0.39 is 0 Å². The highest BCUT2D eigenvalue weighted by Crippen LogP contribution is 2.06. The molecular weight excluding hydrogens is 351 g/mol. The van der Waals surface area contributed by atoms with Crippen LogP contribution in [0.4, 0.5) is 0 Å². The fraction of sp³-hybridized carbons (Fsp3) is 0.400. The fourth-order valence-electron chi connectivity index (χ4n) is 1.06. The molecule has 0 bridgehead atoms. The van der Waals surface area contributed by atoms with Gasteiger partial charge in [-0.15, -0.1) is 35.3 Å². The van der Waals surface area contributed by atoms with Crippen LogP contribution in [-0.4, -0.2) is 32.5 Å². The highest BCUT2D eigenvalue weighted by Gasteiger charge is 2.01. The minimum absolute atomic E-state index is 0. The van der Waals surface area contributed by atoms with Gasteiger partial charge >= 0.3 is 0 Å². The monoisotopic (exact) mass is 368 g/mol. The number of rotatable bonds is 4. The van der Waals surface area contributed by atoms with Gasteiger partial charge < -0.3 is 16.0 Å². The summed E-state index contributed by atoms with van der Waals surface area (Å²) in [4.78, 5) is 16.2. The predicted octanol–water partition coefficient (Wildman–Crippen LogP) is 0.777. The second-order valence-electron chi connectivity index (χ2n) is 3.03. The Hall–Kier alpha value is -0.830. The van der Waals surface area contributed by atoms with Crippen LogP contribution in [0.1, 0.15) is 4.88 Å². The van der Waals surface area contributed by atoms with E-state index in [0.717, 1.165) is 0 Å². The van der Waals surface area contributed by atoms with Crippen molar-refractivity contribution in [1.82, 2.24) is 16.0 Å². The molecule has 0 aliphatic heterocycles. The second-order valence-corrected chi connectivity index (χ2v) is 4.06. The smallest absolute Gasteiger partial charge is 0.239 e. The average Bonchev–Trinajstić information content (AvgIpc) is 2.81. The summed E-state index contributed by atoms with van der Waals surface area (Å²) in [5.41, 5.74) is 0. The van der Waals surface area contributed by atoms with Crippen LogP contribution < -0.4 is 16.0 Å². The maximum absolute atomic E-state index is 11.0. The van der Waals surface area contributed by atoms with Crippen LogP contribution in [0.5, 0.6) is 0 Å². The van der Waals surface area contributed by atoms with Crippen LogP contribution in [-0.2, 0) is 11.3 Å². The molecule has 17 heavy (non-hydrogen) atoms. The Morgan fingerprint density at radius 1 is 1.47 bits per heavy atom. The third-order valence-electron chi connectivity index (χ3n) is 1.93. The zero-order valence-corrected chi connectivity index (χ0v) is 13.0. The summed E-state index contributed by atoms with van der Waals surface area (Å²) >= 11 is 1.68. The van der Waals surface area contributed by atoms with Crippen LogP contribution in [0.2, 0.25) is 0 Å². The number of thiophene rings is 1. The first-order valence-corrected chi connectivity index (χ1v) is 5.81. The number of likely N-dealkylation sites (N-methyl/N-ethyl adjacent to an activating group) is 1. The molecule has 1 aromatic heterocycles. The molecule has 0 aliphatic carbocycles. The second kappa shape index (κ2) is 9.23. The Bertz CT molecular complexity index is 353. The van der Waals surface area contributed by atoms with Gasteiger partial charge in [-0.3, -0.25) is 9.79 Å². The van der Waals surface area contributed by atoms with Gasteiger partial charge in [-0.25, -0.2) is 0 Å². The van der Waals surface area contributed by atoms with Gasteiger partial charge in [-0.2, -0.15) is 0 Å². The summed E-state index contributed by atoms with van der Waals surface area (Å²) in [6.45, 7) is 0.936. The Balaban J connectivity index is 0.00000256. The first-order chi connectivity index (χ1) is 7.76. The van der Waals surface area contributed by atoms with Crippen LogP contribution in [0, 0.1) is 0 Å². The molecule has 96 valence electrons. The molecule has 0 saturated heterocycles. The summed E-state index contributed by atoms with van der Waals surface area (Å²) in [7, 11) is 3.28. The first kappa shape index (κ1) is 16.2. The van der Waals surface area contributed by atoms with Crippen LogP contribution in [0.25, 0.3) is 0 Å². The molecule has 7 heteroatoms. The molecule has 0 atom stereocenters. The van der Waals surface area contributed by atoms with Gasteiger partial charge in [0, 0.05) is 19.0 Å². The van der Waals surface area contributed by atoms with Crippen molar-refractivity contribution in [3.63, 3.8) is 0 Å². The minimum atomic E-state index is -0.0703. The molecule has 0 fully saturated rings. The number of guanidine groups is 1. The number of halogens is 1. The van der Waals surface area contributed by atoms with Crippen molar-refractivity contribution in [3.8, 4) is 0 Å². The van der Waals surface area contributed by atoms with E-state index in [1.165, 1.54) is 4.88 Å². The topological polar surface area (TPSA) is 65.5 Å². The summed E-state index contributed by atoms with van der Waals surface area (Å²) in [5, 5.41) is 10.6. The van der Waals surface area contributed by atoms with Crippen molar-refractivity contribution in [2.75, 3.05) is 20.6 Å². The molecule has 0 aliphatic rings. The van der Waals surface area contributed by atoms with Crippen molar-refractivity contribution in [1.29, 1.82) is 0 Å². The van der Waals surface area contributed by atoms with E-state index >= 15 is 0 Å². The van der Waals surface area contributed by atoms with Crippen LogP contribution in [0.3, 0.4) is 0 Å². The lowest BCUT2D eigenvalue weighted by Crippen LogP contribution is -2.42. The van der Waals surface area contributed by atoms with Gasteiger partial charge in [0.2, 0.25) is 5.91 Å². The van der Waals surface area contributed by atoms with Gasteiger partial charge in [0.15, 0.2) is 5.96 Å². The normalized spacial score (nSPS) is 10.4. The van der Waals surface area contributed by atoms with E-state index in [-0.39, 0.29) is 36.4 Å². The zero-order chi connectivity index (χ0) is 11.8. The lowest BCUT2D eigenvalue weighted by atomic mass is 10.4. The fourth-order valence-corrected chi connectivity index (χ4v) is 1.70. The number of carbonyl (C=O) groups is 1. The van der Waals surface area contributed by atoms with Crippen molar-refractivity contribution in [2.45, 2.75) is 6.54 Å². The number of hydrogen-bond acceptors (Lipinski definition) is 3. The number of amides is 1. The molecule has 1 amide bonds. The average molecular weight is 368 g/mol. The third-order valence-corrected chi connectivity index (χ3v) is 2.81. The lowest BCUT2D eigenvalue weighted by Gasteiger charge is -2.10. The Kier molecular flexibility index (Phi) is 8.78. The maximum atomic E-state index is 11.0. The summed E-state index contributed by atoms with van der Waals surface area (Å²) in [6, 6.07) is 4.05. The number of carbonyl (C=O) groups excluding carboxylic acids is 1. The van der Waals surface area contributed by atoms with Crippen molar-refractivity contribution in [3.05, 3.63) is 22.4 Å². The summed E-state index contributed by atoms with van der Waals surface area (Å²) in [6.07, 6.45) is 0. The molecule has 5 nitrogen and oxygen atoms in total. The summed E-state index contributed by atoms with van der Waals surface area (Å²) < 4.78 is 0. The molecule has 1 aromatic rings. The van der Waals surface area contributed by atoms with Crippen molar-refractivity contribution < 1.29 is 4.79 Å². The predicted molar refractivity (Wildman–Crippen MR) is 82.0 cm³/mol. The third kappa shape index (κ3) is 6.47. The van der Waals surface area contributed by atoms with Crippen molar-refractivity contribution in [2.24, 2.45) is 4.99 Å². The summed E-state index contributed by atoms with van der Waals surface area (Å²) in [5.74, 6) is 0.552. The maximum Gasteiger partial charge on any atom is 0.239 e. The van der Waals surface area contributed by atoms with E-state index in [9.17, 15) is 4.79 Å². The van der Waals surface area contributed by atoms with Gasteiger partial charge in [0.25, 0.3) is 0 Å². The van der Waals surface area contributed by atoms with E-state index in [2.05, 4.69) is 20.9 Å². The lowest BCUT2D eigenvalue weighted by molar-refractivity contribution is -0.119. The Morgan fingerprint density at radius 3 is 2.76 bits per heavy atom. The van der Waals surface area contributed by atoms with Crippen molar-refractivity contribution >= 4 is 47.2 Å². The van der Waals surface area contributed by atoms with Gasteiger partial charge in [-0.05, 0) is 11.4 Å². The van der Waals surface area contributed by atoms with Gasteiger partial charge in [0.05, 0.1) is 13.1 Å². The number of hydrogen-bond donors (Lipinski definition) is 3. The molecule has 3 N–H and O–H groups in total. The van der Waals surface area contributed by atoms with E-state index in [0.29, 0.717) is 12.5 Å². The first-order valence-electron chi connectivity index (χ1n) is 4.93. The van der Waals surface area contributed by atoms with Crippen LogP contribution in [0.15, 0.2) is 22.5 Å². The molecule has 0 saturated carbocycles. The largest absolute Gasteiger partial charge is 0.358 e. The molecule has 1 heterocycles. The standard InChI is InChI=1S/C10H16N4OS.HI/c1-11-9(15)7-14-10(12-2)13-6-8-4-3-5-16-8;/h3-5H,6-7H2,1-2H3,(H,11,15)(H2,12,13,14);1H. The molecule has 1 rings (SSSR count). The van der Waals surface area contributed by atoms with E-state index in [1.807, 2.05) is 17.5 Å². The molecule has 0 spiro atoms. The number of nitrogens with one attached hydrogen (secondary N) is 3. The molecule has 0 aromatic carbocycles. The SMILES string of the molecule is CN=C(NCC(=O)NC)NCc1cccs1.I. The zero-order valence-electron chi connectivity index (χ0n) is 9.82. The Morgan fingerprint density at radius 2 is 2.24 bits per heavy atom. The van der Waals surface area contributed by atoms with Gasteiger partial charge in [-0.1, -0.05) is 6.07 Å². The number of nitrogens with zero attached hydrogens (tertiary/aromatic N) is 1. The highest BCUT2D eigenvalue weighted by atomic mass is 127.